The van der Waals surface area contributed by atoms with E-state index in [-0.39, 0.29) is 18.9 Å². The number of para-hydroxylation sites is 3. The number of carboxylic acid groups (broad SMARTS) is 1. The molecule has 2 aromatic rings. The number of rotatable bonds is 6. The second-order valence-electron chi connectivity index (χ2n) is 6.07. The zero-order valence-electron chi connectivity index (χ0n) is 15.2. The Morgan fingerprint density at radius 3 is 2.63 bits per heavy atom. The van der Waals surface area contributed by atoms with Gasteiger partial charge in [-0.3, -0.25) is 4.79 Å². The summed E-state index contributed by atoms with van der Waals surface area (Å²) in [5.74, 6) is 0.311. The Labute approximate surface area is 157 Å². The second-order valence-corrected chi connectivity index (χ2v) is 6.07. The summed E-state index contributed by atoms with van der Waals surface area (Å²) in [5.41, 5.74) is 1.43. The van der Waals surface area contributed by atoms with Gasteiger partial charge in [-0.25, -0.2) is 4.79 Å². The molecule has 1 unspecified atom stereocenters. The molecule has 2 aromatic carbocycles. The lowest BCUT2D eigenvalue weighted by atomic mass is 10.1. The molecular formula is C20H21NO6. The van der Waals surface area contributed by atoms with E-state index in [0.29, 0.717) is 29.4 Å². The molecule has 0 aromatic heterocycles. The average molecular weight is 371 g/mol. The zero-order chi connectivity index (χ0) is 19.4. The van der Waals surface area contributed by atoms with Gasteiger partial charge in [-0.1, -0.05) is 24.3 Å². The number of carbonyl (C=O) groups is 2. The number of fused-ring (bicyclic) bond motifs is 1. The molecule has 3 rings (SSSR count). The van der Waals surface area contributed by atoms with E-state index in [1.165, 1.54) is 4.90 Å². The minimum absolute atomic E-state index is 0.0274. The van der Waals surface area contributed by atoms with Gasteiger partial charge in [-0.2, -0.15) is 0 Å². The number of nitrogens with zero attached hydrogens (tertiary/aromatic N) is 1. The van der Waals surface area contributed by atoms with Gasteiger partial charge in [0.1, 0.15) is 5.75 Å². The number of ether oxygens (including phenoxy) is 3. The van der Waals surface area contributed by atoms with E-state index in [9.17, 15) is 14.7 Å². The number of amides is 1. The predicted octanol–water partition coefficient (Wildman–Crippen LogP) is 2.52. The molecule has 1 atom stereocenters. The number of carbonyl (C=O) groups excluding carboxylic acids is 1. The Morgan fingerprint density at radius 1 is 1.15 bits per heavy atom. The highest BCUT2D eigenvalue weighted by Crippen LogP contribution is 2.35. The van der Waals surface area contributed by atoms with Crippen molar-refractivity contribution in [3.63, 3.8) is 0 Å². The standard InChI is InChI=1S/C20H21NO6/c1-25-16-9-5-6-13(19(16)26-2)10-11-18(22)21-12-17(20(23)24)27-15-8-4-3-7-14(15)21/h3-9,17H,10-12H2,1-2H3,(H,23,24). The minimum atomic E-state index is -1.10. The van der Waals surface area contributed by atoms with Crippen LogP contribution in [0.4, 0.5) is 5.69 Å². The van der Waals surface area contributed by atoms with Gasteiger partial charge < -0.3 is 24.2 Å². The zero-order valence-corrected chi connectivity index (χ0v) is 15.2. The summed E-state index contributed by atoms with van der Waals surface area (Å²) in [6.45, 7) is -0.0274. The van der Waals surface area contributed by atoms with Crippen molar-refractivity contribution in [2.75, 3.05) is 25.7 Å². The molecule has 27 heavy (non-hydrogen) atoms. The number of hydrogen-bond donors (Lipinski definition) is 1. The lowest BCUT2D eigenvalue weighted by Gasteiger charge is -2.33. The average Bonchev–Trinajstić information content (AvgIpc) is 2.70. The summed E-state index contributed by atoms with van der Waals surface area (Å²) in [6, 6.07) is 12.4. The molecule has 0 bridgehead atoms. The van der Waals surface area contributed by atoms with Crippen LogP contribution in [0.1, 0.15) is 12.0 Å². The number of methoxy groups -OCH3 is 2. The van der Waals surface area contributed by atoms with Gasteiger partial charge in [0.15, 0.2) is 11.5 Å². The van der Waals surface area contributed by atoms with Gasteiger partial charge >= 0.3 is 5.97 Å². The highest BCUT2D eigenvalue weighted by molar-refractivity contribution is 5.96. The van der Waals surface area contributed by atoms with Gasteiger partial charge in [-0.15, -0.1) is 0 Å². The van der Waals surface area contributed by atoms with E-state index >= 15 is 0 Å². The summed E-state index contributed by atoms with van der Waals surface area (Å²) in [6.07, 6.45) is -0.448. The normalized spacial score (nSPS) is 15.5. The fraction of sp³-hybridized carbons (Fsp3) is 0.300. The van der Waals surface area contributed by atoms with E-state index < -0.39 is 12.1 Å². The third-order valence-electron chi connectivity index (χ3n) is 4.44. The quantitative estimate of drug-likeness (QED) is 0.840. The molecule has 1 heterocycles. The summed E-state index contributed by atoms with van der Waals surface area (Å²) >= 11 is 0. The maximum atomic E-state index is 12.9. The van der Waals surface area contributed by atoms with Crippen molar-refractivity contribution in [1.82, 2.24) is 0 Å². The molecular weight excluding hydrogens is 350 g/mol. The minimum Gasteiger partial charge on any atom is -0.493 e. The topological polar surface area (TPSA) is 85.3 Å². The summed E-state index contributed by atoms with van der Waals surface area (Å²) in [4.78, 5) is 25.7. The molecule has 7 heteroatoms. The van der Waals surface area contributed by atoms with Crippen LogP contribution in [-0.2, 0) is 16.0 Å². The van der Waals surface area contributed by atoms with E-state index in [1.807, 2.05) is 12.1 Å². The van der Waals surface area contributed by atoms with Crippen molar-refractivity contribution in [1.29, 1.82) is 0 Å². The Kier molecular flexibility index (Phi) is 5.49. The first-order valence-corrected chi connectivity index (χ1v) is 8.54. The van der Waals surface area contributed by atoms with Crippen LogP contribution in [0.5, 0.6) is 17.2 Å². The summed E-state index contributed by atoms with van der Waals surface area (Å²) in [7, 11) is 3.11. The SMILES string of the molecule is COc1cccc(CCC(=O)N2CC(C(=O)O)Oc3ccccc32)c1OC. The van der Waals surface area contributed by atoms with E-state index in [4.69, 9.17) is 14.2 Å². The highest BCUT2D eigenvalue weighted by Gasteiger charge is 2.33. The molecule has 0 saturated heterocycles. The van der Waals surface area contributed by atoms with Crippen LogP contribution in [-0.4, -0.2) is 43.9 Å². The highest BCUT2D eigenvalue weighted by atomic mass is 16.5. The first-order valence-electron chi connectivity index (χ1n) is 8.54. The molecule has 1 aliphatic rings. The maximum absolute atomic E-state index is 12.9. The second kappa shape index (κ2) is 7.99. The number of aliphatic carboxylic acids is 1. The van der Waals surface area contributed by atoms with Gasteiger partial charge in [0.25, 0.3) is 0 Å². The summed E-state index contributed by atoms with van der Waals surface area (Å²) < 4.78 is 16.2. The Hall–Kier alpha value is -3.22. The molecule has 0 spiro atoms. The van der Waals surface area contributed by atoms with Crippen LogP contribution >= 0.6 is 0 Å². The molecule has 0 fully saturated rings. The van der Waals surface area contributed by atoms with Crippen molar-refractivity contribution in [2.45, 2.75) is 18.9 Å². The third kappa shape index (κ3) is 3.81. The number of benzene rings is 2. The third-order valence-corrected chi connectivity index (χ3v) is 4.44. The molecule has 1 amide bonds. The van der Waals surface area contributed by atoms with Crippen molar-refractivity contribution in [3.05, 3.63) is 48.0 Å². The first kappa shape index (κ1) is 18.6. The Balaban J connectivity index is 1.79. The molecule has 1 N–H and O–H groups in total. The van der Waals surface area contributed by atoms with Crippen molar-refractivity contribution in [3.8, 4) is 17.2 Å². The first-order chi connectivity index (χ1) is 13.0. The van der Waals surface area contributed by atoms with Crippen molar-refractivity contribution in [2.24, 2.45) is 0 Å². The fourth-order valence-electron chi connectivity index (χ4n) is 3.13. The Bertz CT molecular complexity index is 850. The van der Waals surface area contributed by atoms with Crippen LogP contribution in [0.2, 0.25) is 0 Å². The van der Waals surface area contributed by atoms with Crippen LogP contribution in [0, 0.1) is 0 Å². The Morgan fingerprint density at radius 2 is 1.93 bits per heavy atom. The molecule has 7 nitrogen and oxygen atoms in total. The van der Waals surface area contributed by atoms with E-state index in [0.717, 1.165) is 5.56 Å². The molecule has 142 valence electrons. The molecule has 0 saturated carbocycles. The van der Waals surface area contributed by atoms with Gasteiger partial charge in [0, 0.05) is 6.42 Å². The summed E-state index contributed by atoms with van der Waals surface area (Å²) in [5, 5.41) is 9.30. The number of anilines is 1. The van der Waals surface area contributed by atoms with Crippen LogP contribution in [0.15, 0.2) is 42.5 Å². The van der Waals surface area contributed by atoms with Crippen LogP contribution < -0.4 is 19.1 Å². The largest absolute Gasteiger partial charge is 0.493 e. The number of carboxylic acids is 1. The lowest BCUT2D eigenvalue weighted by Crippen LogP contribution is -2.47. The number of hydrogen-bond acceptors (Lipinski definition) is 5. The number of aryl methyl sites for hydroxylation is 1. The fourth-order valence-corrected chi connectivity index (χ4v) is 3.13. The van der Waals surface area contributed by atoms with Crippen LogP contribution in [0.3, 0.4) is 0 Å². The van der Waals surface area contributed by atoms with E-state index in [2.05, 4.69) is 0 Å². The van der Waals surface area contributed by atoms with E-state index in [1.54, 1.807) is 44.6 Å². The van der Waals surface area contributed by atoms with Gasteiger partial charge in [0.2, 0.25) is 12.0 Å². The van der Waals surface area contributed by atoms with Gasteiger partial charge in [0.05, 0.1) is 26.5 Å². The van der Waals surface area contributed by atoms with Crippen molar-refractivity contribution < 1.29 is 28.9 Å². The monoisotopic (exact) mass is 371 g/mol. The maximum Gasteiger partial charge on any atom is 0.346 e. The molecule has 1 aliphatic heterocycles. The van der Waals surface area contributed by atoms with Crippen molar-refractivity contribution >= 4 is 17.6 Å². The lowest BCUT2D eigenvalue weighted by molar-refractivity contribution is -0.145. The molecule has 0 radical (unpaired) electrons. The van der Waals surface area contributed by atoms with Crippen LogP contribution in [0.25, 0.3) is 0 Å². The smallest absolute Gasteiger partial charge is 0.346 e. The van der Waals surface area contributed by atoms with Gasteiger partial charge in [-0.05, 0) is 30.2 Å². The molecule has 0 aliphatic carbocycles. The predicted molar refractivity (Wildman–Crippen MR) is 98.7 cm³/mol.